The zero-order chi connectivity index (χ0) is 26.2. The van der Waals surface area contributed by atoms with Crippen LogP contribution in [0.5, 0.6) is 0 Å². The molecule has 1 N–H and O–H groups in total. The first-order valence-corrected chi connectivity index (χ1v) is 12.4. The van der Waals surface area contributed by atoms with E-state index in [2.05, 4.69) is 34.1 Å². The smallest absolute Gasteiger partial charge is 0.135 e. The predicted octanol–water partition coefficient (Wildman–Crippen LogP) is 5.05. The maximum Gasteiger partial charge on any atom is 0.135 e. The standard InChI is InChI=1S/C28H28F2N6O/c1-26(2,37)15-36-14-16(11-32-36)22-12-31-13-23(33-22)28-9-8-18(27(28,3)4)17-10-21(34-35-25(17)28)24-19(29)6-5-7-20(24)30/h5-7,10-14,18,37H,8-9,15H2,1-4H3/t18-,28-/m0/s1. The second-order valence-electron chi connectivity index (χ2n) is 11.4. The van der Waals surface area contributed by atoms with Gasteiger partial charge in [0.1, 0.15) is 11.6 Å². The second-order valence-corrected chi connectivity index (χ2v) is 11.4. The van der Waals surface area contributed by atoms with Crippen LogP contribution in [0.3, 0.4) is 0 Å². The molecule has 1 saturated carbocycles. The second kappa shape index (κ2) is 7.95. The summed E-state index contributed by atoms with van der Waals surface area (Å²) in [5, 5.41) is 23.4. The van der Waals surface area contributed by atoms with Crippen molar-refractivity contribution in [3.63, 3.8) is 0 Å². The van der Waals surface area contributed by atoms with Gasteiger partial charge in [-0.3, -0.25) is 9.67 Å². The van der Waals surface area contributed by atoms with Crippen molar-refractivity contribution in [1.82, 2.24) is 29.9 Å². The van der Waals surface area contributed by atoms with Gasteiger partial charge >= 0.3 is 0 Å². The van der Waals surface area contributed by atoms with Gasteiger partial charge in [0.05, 0.1) is 58.3 Å². The molecule has 7 nitrogen and oxygen atoms in total. The zero-order valence-corrected chi connectivity index (χ0v) is 21.2. The number of benzene rings is 1. The van der Waals surface area contributed by atoms with E-state index in [1.54, 1.807) is 43.2 Å². The van der Waals surface area contributed by atoms with E-state index in [1.165, 1.54) is 18.2 Å². The van der Waals surface area contributed by atoms with Gasteiger partial charge in [-0.05, 0) is 61.8 Å². The first-order valence-electron chi connectivity index (χ1n) is 12.4. The predicted molar refractivity (Wildman–Crippen MR) is 133 cm³/mol. The van der Waals surface area contributed by atoms with Gasteiger partial charge in [-0.15, -0.1) is 5.10 Å². The fourth-order valence-corrected chi connectivity index (χ4v) is 6.45. The van der Waals surface area contributed by atoms with Crippen LogP contribution < -0.4 is 0 Å². The highest BCUT2D eigenvalue weighted by atomic mass is 19.1. The highest BCUT2D eigenvalue weighted by Gasteiger charge is 2.65. The number of rotatable bonds is 5. The minimum atomic E-state index is -0.894. The molecule has 2 bridgehead atoms. The Balaban J connectivity index is 1.44. The number of fused-ring (bicyclic) bond motifs is 5. The molecule has 2 aliphatic carbocycles. The summed E-state index contributed by atoms with van der Waals surface area (Å²) in [6.07, 6.45) is 8.80. The number of hydrogen-bond acceptors (Lipinski definition) is 6. The molecule has 0 radical (unpaired) electrons. The summed E-state index contributed by atoms with van der Waals surface area (Å²) >= 11 is 0. The largest absolute Gasteiger partial charge is 0.389 e. The maximum absolute atomic E-state index is 14.5. The van der Waals surface area contributed by atoms with Crippen molar-refractivity contribution < 1.29 is 13.9 Å². The van der Waals surface area contributed by atoms with Gasteiger partial charge in [0.2, 0.25) is 0 Å². The molecule has 3 aromatic heterocycles. The molecule has 0 spiro atoms. The third-order valence-electron chi connectivity index (χ3n) is 8.15. The molecule has 0 amide bonds. The summed E-state index contributed by atoms with van der Waals surface area (Å²) in [5.74, 6) is -1.17. The summed E-state index contributed by atoms with van der Waals surface area (Å²) in [6.45, 7) is 8.22. The van der Waals surface area contributed by atoms with Crippen molar-refractivity contribution >= 4 is 0 Å². The monoisotopic (exact) mass is 502 g/mol. The zero-order valence-electron chi connectivity index (χ0n) is 21.2. The van der Waals surface area contributed by atoms with E-state index in [0.29, 0.717) is 12.2 Å². The molecule has 4 aromatic rings. The van der Waals surface area contributed by atoms with Crippen LogP contribution in [0.15, 0.2) is 49.1 Å². The molecule has 37 heavy (non-hydrogen) atoms. The van der Waals surface area contributed by atoms with Gasteiger partial charge in [-0.25, -0.2) is 13.8 Å². The van der Waals surface area contributed by atoms with E-state index >= 15 is 0 Å². The molecule has 0 saturated heterocycles. The van der Waals surface area contributed by atoms with Crippen molar-refractivity contribution in [2.24, 2.45) is 5.41 Å². The Morgan fingerprint density at radius 2 is 1.84 bits per heavy atom. The van der Waals surface area contributed by atoms with Gasteiger partial charge in [0, 0.05) is 18.0 Å². The van der Waals surface area contributed by atoms with Gasteiger partial charge in [0.15, 0.2) is 0 Å². The van der Waals surface area contributed by atoms with Crippen LogP contribution in [0.1, 0.15) is 63.4 Å². The molecule has 9 heteroatoms. The first kappa shape index (κ1) is 23.8. The lowest BCUT2D eigenvalue weighted by molar-refractivity contribution is 0.0577. The Bertz CT molecular complexity index is 1510. The van der Waals surface area contributed by atoms with Crippen LogP contribution in [-0.4, -0.2) is 40.7 Å². The number of nitrogens with zero attached hydrogens (tertiary/aromatic N) is 6. The lowest BCUT2D eigenvalue weighted by Gasteiger charge is -2.37. The number of hydrogen-bond donors (Lipinski definition) is 1. The van der Waals surface area contributed by atoms with Crippen molar-refractivity contribution in [3.8, 4) is 22.5 Å². The third kappa shape index (κ3) is 3.51. The van der Waals surface area contributed by atoms with Crippen LogP contribution in [0, 0.1) is 17.0 Å². The number of halogens is 2. The molecular weight excluding hydrogens is 474 g/mol. The van der Waals surface area contributed by atoms with Gasteiger partial charge in [-0.2, -0.15) is 10.2 Å². The maximum atomic E-state index is 14.5. The van der Waals surface area contributed by atoms with Gasteiger partial charge < -0.3 is 5.11 Å². The van der Waals surface area contributed by atoms with Crippen molar-refractivity contribution in [1.29, 1.82) is 0 Å². The lowest BCUT2D eigenvalue weighted by Crippen LogP contribution is -2.38. The number of aromatic nitrogens is 6. The Morgan fingerprint density at radius 1 is 1.08 bits per heavy atom. The molecule has 6 rings (SSSR count). The van der Waals surface area contributed by atoms with Crippen molar-refractivity contribution in [2.75, 3.05) is 0 Å². The highest BCUT2D eigenvalue weighted by molar-refractivity contribution is 5.64. The summed E-state index contributed by atoms with van der Waals surface area (Å²) in [4.78, 5) is 9.57. The Labute approximate surface area is 213 Å². The van der Waals surface area contributed by atoms with E-state index in [0.717, 1.165) is 35.4 Å². The quantitative estimate of drug-likeness (QED) is 0.411. The van der Waals surface area contributed by atoms with E-state index in [9.17, 15) is 13.9 Å². The van der Waals surface area contributed by atoms with Crippen molar-refractivity contribution in [2.45, 2.75) is 64.0 Å². The molecule has 1 fully saturated rings. The third-order valence-corrected chi connectivity index (χ3v) is 8.15. The highest BCUT2D eigenvalue weighted by Crippen LogP contribution is 2.69. The topological polar surface area (TPSA) is 89.6 Å². The minimum absolute atomic E-state index is 0.145. The summed E-state index contributed by atoms with van der Waals surface area (Å²) in [6, 6.07) is 5.61. The van der Waals surface area contributed by atoms with Gasteiger partial charge in [0.25, 0.3) is 0 Å². The molecule has 0 unspecified atom stereocenters. The van der Waals surface area contributed by atoms with Crippen LogP contribution in [0.25, 0.3) is 22.5 Å². The molecular formula is C28H28F2N6O. The summed E-state index contributed by atoms with van der Waals surface area (Å²) in [7, 11) is 0. The van der Waals surface area contributed by atoms with Crippen molar-refractivity contribution in [3.05, 3.63) is 77.6 Å². The van der Waals surface area contributed by atoms with E-state index < -0.39 is 22.7 Å². The average Bonchev–Trinajstić information content (AvgIpc) is 3.45. The molecule has 3 heterocycles. The average molecular weight is 503 g/mol. The van der Waals surface area contributed by atoms with Crippen LogP contribution in [0.2, 0.25) is 0 Å². The number of aliphatic hydroxyl groups is 1. The Kier molecular flexibility index (Phi) is 5.11. The van der Waals surface area contributed by atoms with Crippen LogP contribution >= 0.6 is 0 Å². The Hall–Kier alpha value is -3.59. The fourth-order valence-electron chi connectivity index (χ4n) is 6.45. The van der Waals surface area contributed by atoms with E-state index in [4.69, 9.17) is 4.98 Å². The van der Waals surface area contributed by atoms with Gasteiger partial charge in [-0.1, -0.05) is 19.9 Å². The molecule has 2 atom stereocenters. The molecule has 190 valence electrons. The van der Waals surface area contributed by atoms with Crippen LogP contribution in [-0.2, 0) is 12.0 Å². The normalized spacial score (nSPS) is 21.9. The molecule has 2 aliphatic rings. The van der Waals surface area contributed by atoms with Crippen LogP contribution in [0.4, 0.5) is 8.78 Å². The Morgan fingerprint density at radius 3 is 2.57 bits per heavy atom. The summed E-state index contributed by atoms with van der Waals surface area (Å²) < 4.78 is 30.7. The molecule has 0 aliphatic heterocycles. The summed E-state index contributed by atoms with van der Waals surface area (Å²) in [5.41, 5.74) is 2.42. The van der Waals surface area contributed by atoms with E-state index in [-0.39, 0.29) is 22.6 Å². The SMILES string of the molecule is CC(C)(O)Cn1cc(-c2cncc([C@@]34CC[C@@H](c5cc(-c6c(F)cccc6F)nnc53)C4(C)C)n2)cn1. The lowest BCUT2D eigenvalue weighted by atomic mass is 9.66. The fraction of sp³-hybridized carbons (Fsp3) is 0.393. The minimum Gasteiger partial charge on any atom is -0.389 e. The molecule has 1 aromatic carbocycles. The first-order chi connectivity index (χ1) is 17.5. The van der Waals surface area contributed by atoms with E-state index in [1.807, 2.05) is 6.20 Å².